The van der Waals surface area contributed by atoms with Gasteiger partial charge in [0.05, 0.1) is 6.54 Å². The van der Waals surface area contributed by atoms with Crippen molar-refractivity contribution in [2.45, 2.75) is 26.2 Å². The van der Waals surface area contributed by atoms with Crippen molar-refractivity contribution < 1.29 is 14.0 Å². The number of hydrogen-bond acceptors (Lipinski definition) is 3. The predicted molar refractivity (Wildman–Crippen MR) is 75.0 cm³/mol. The molecule has 0 aliphatic carbocycles. The number of halogens is 1. The van der Waals surface area contributed by atoms with Gasteiger partial charge >= 0.3 is 0 Å². The molecule has 1 unspecified atom stereocenters. The van der Waals surface area contributed by atoms with E-state index in [0.717, 1.165) is 6.42 Å². The average molecular weight is 277 g/mol. The van der Waals surface area contributed by atoms with Gasteiger partial charge in [-0.05, 0) is 18.1 Å². The lowest BCUT2D eigenvalue weighted by Crippen LogP contribution is -2.43. The second-order valence-corrected chi connectivity index (χ2v) is 5.36. The Labute approximate surface area is 118 Å². The number of Topliss-reactive ketones (excluding diaryl/α,β-unsaturated/α-hetero) is 2. The van der Waals surface area contributed by atoms with E-state index in [1.807, 2.05) is 11.8 Å². The number of carbonyl (C=O) groups is 2. The second kappa shape index (κ2) is 6.75. The Balaban J connectivity index is 1.89. The van der Waals surface area contributed by atoms with Crippen LogP contribution in [0.15, 0.2) is 24.3 Å². The zero-order valence-electron chi connectivity index (χ0n) is 11.8. The molecule has 1 aromatic carbocycles. The van der Waals surface area contributed by atoms with Crippen molar-refractivity contribution in [2.24, 2.45) is 5.92 Å². The lowest BCUT2D eigenvalue weighted by atomic mass is 9.94. The summed E-state index contributed by atoms with van der Waals surface area (Å²) in [7, 11) is 0. The number of ketones is 2. The minimum Gasteiger partial charge on any atom is -0.299 e. The van der Waals surface area contributed by atoms with Crippen molar-refractivity contribution in [1.29, 1.82) is 0 Å². The largest absolute Gasteiger partial charge is 0.299 e. The maximum atomic E-state index is 13.5. The van der Waals surface area contributed by atoms with E-state index >= 15 is 0 Å². The highest BCUT2D eigenvalue weighted by atomic mass is 19.1. The number of nitrogens with zero attached hydrogens (tertiary/aromatic N) is 1. The van der Waals surface area contributed by atoms with Gasteiger partial charge in [0.1, 0.15) is 11.6 Å². The number of carbonyl (C=O) groups excluding carboxylic acids is 2. The summed E-state index contributed by atoms with van der Waals surface area (Å²) < 4.78 is 13.5. The van der Waals surface area contributed by atoms with Crippen molar-refractivity contribution >= 4 is 11.6 Å². The van der Waals surface area contributed by atoms with Crippen LogP contribution in [0.2, 0.25) is 0 Å². The monoisotopic (exact) mass is 277 g/mol. The quantitative estimate of drug-likeness (QED) is 0.828. The van der Waals surface area contributed by atoms with E-state index in [1.54, 1.807) is 18.2 Å². The molecule has 1 saturated heterocycles. The van der Waals surface area contributed by atoms with Gasteiger partial charge in [-0.1, -0.05) is 25.1 Å². The van der Waals surface area contributed by atoms with Gasteiger partial charge in [-0.3, -0.25) is 14.5 Å². The molecule has 1 aromatic rings. The highest BCUT2D eigenvalue weighted by Crippen LogP contribution is 2.16. The molecule has 1 fully saturated rings. The van der Waals surface area contributed by atoms with Gasteiger partial charge in [0, 0.05) is 31.8 Å². The van der Waals surface area contributed by atoms with E-state index < -0.39 is 0 Å². The molecule has 0 saturated carbocycles. The fourth-order valence-corrected chi connectivity index (χ4v) is 2.64. The number of rotatable bonds is 5. The Morgan fingerprint density at radius 3 is 2.85 bits per heavy atom. The molecule has 1 aliphatic rings. The zero-order valence-corrected chi connectivity index (χ0v) is 11.8. The Kier molecular flexibility index (Phi) is 5.01. The van der Waals surface area contributed by atoms with Crippen LogP contribution >= 0.6 is 0 Å². The fourth-order valence-electron chi connectivity index (χ4n) is 2.64. The summed E-state index contributed by atoms with van der Waals surface area (Å²) in [4.78, 5) is 25.7. The summed E-state index contributed by atoms with van der Waals surface area (Å²) >= 11 is 0. The third kappa shape index (κ3) is 3.73. The van der Waals surface area contributed by atoms with Gasteiger partial charge in [-0.25, -0.2) is 4.39 Å². The molecular formula is C16H20FNO2. The Morgan fingerprint density at radius 1 is 1.40 bits per heavy atom. The Morgan fingerprint density at radius 2 is 2.15 bits per heavy atom. The van der Waals surface area contributed by atoms with Crippen LogP contribution in [0.5, 0.6) is 0 Å². The van der Waals surface area contributed by atoms with Crippen molar-refractivity contribution in [3.05, 3.63) is 35.6 Å². The number of hydrogen-bond donors (Lipinski definition) is 0. The smallest absolute Gasteiger partial charge is 0.151 e. The van der Waals surface area contributed by atoms with Gasteiger partial charge in [0.15, 0.2) is 5.78 Å². The highest BCUT2D eigenvalue weighted by Gasteiger charge is 2.26. The van der Waals surface area contributed by atoms with Crippen LogP contribution in [0.1, 0.15) is 25.3 Å². The third-order valence-electron chi connectivity index (χ3n) is 3.85. The zero-order chi connectivity index (χ0) is 14.5. The first-order chi connectivity index (χ1) is 9.60. The summed E-state index contributed by atoms with van der Waals surface area (Å²) in [5.41, 5.74) is 0.442. The maximum Gasteiger partial charge on any atom is 0.151 e. The van der Waals surface area contributed by atoms with E-state index in [4.69, 9.17) is 0 Å². The van der Waals surface area contributed by atoms with Crippen LogP contribution in [-0.2, 0) is 16.0 Å². The van der Waals surface area contributed by atoms with Gasteiger partial charge in [0.25, 0.3) is 0 Å². The lowest BCUT2D eigenvalue weighted by molar-refractivity contribution is -0.128. The summed E-state index contributed by atoms with van der Waals surface area (Å²) in [6, 6.07) is 6.36. The fraction of sp³-hybridized carbons (Fsp3) is 0.500. The Hall–Kier alpha value is -1.55. The summed E-state index contributed by atoms with van der Waals surface area (Å²) in [6.07, 6.45) is 1.45. The van der Waals surface area contributed by atoms with Crippen molar-refractivity contribution in [3.63, 3.8) is 0 Å². The summed E-state index contributed by atoms with van der Waals surface area (Å²) in [6.45, 7) is 3.59. The second-order valence-electron chi connectivity index (χ2n) is 5.36. The van der Waals surface area contributed by atoms with Gasteiger partial charge < -0.3 is 0 Å². The SMILES string of the molecule is CCC1CN(CC(=O)Cc2ccccc2F)CCC1=O. The molecule has 0 radical (unpaired) electrons. The van der Waals surface area contributed by atoms with Crippen molar-refractivity contribution in [2.75, 3.05) is 19.6 Å². The van der Waals surface area contributed by atoms with Crippen LogP contribution in [-0.4, -0.2) is 36.1 Å². The highest BCUT2D eigenvalue weighted by molar-refractivity contribution is 5.84. The average Bonchev–Trinajstić information content (AvgIpc) is 2.43. The molecule has 20 heavy (non-hydrogen) atoms. The molecule has 3 nitrogen and oxygen atoms in total. The molecule has 2 rings (SSSR count). The van der Waals surface area contributed by atoms with Crippen LogP contribution in [0, 0.1) is 11.7 Å². The molecule has 0 amide bonds. The first-order valence-corrected chi connectivity index (χ1v) is 7.10. The van der Waals surface area contributed by atoms with Gasteiger partial charge in [-0.2, -0.15) is 0 Å². The van der Waals surface area contributed by atoms with Crippen molar-refractivity contribution in [1.82, 2.24) is 4.90 Å². The molecule has 1 atom stereocenters. The topological polar surface area (TPSA) is 37.4 Å². The van der Waals surface area contributed by atoms with Crippen LogP contribution < -0.4 is 0 Å². The van der Waals surface area contributed by atoms with Crippen LogP contribution in [0.3, 0.4) is 0 Å². The maximum absolute atomic E-state index is 13.5. The first-order valence-electron chi connectivity index (χ1n) is 7.10. The minimum atomic E-state index is -0.332. The molecule has 108 valence electrons. The van der Waals surface area contributed by atoms with E-state index in [0.29, 0.717) is 37.4 Å². The number of likely N-dealkylation sites (tertiary alicyclic amines) is 1. The van der Waals surface area contributed by atoms with E-state index in [2.05, 4.69) is 0 Å². The Bertz CT molecular complexity index is 501. The summed E-state index contributed by atoms with van der Waals surface area (Å²) in [5, 5.41) is 0. The predicted octanol–water partition coefficient (Wildman–Crippen LogP) is 2.24. The first kappa shape index (κ1) is 14.9. The van der Waals surface area contributed by atoms with Gasteiger partial charge in [0.2, 0.25) is 0 Å². The molecule has 0 N–H and O–H groups in total. The van der Waals surface area contributed by atoms with E-state index in [1.165, 1.54) is 6.07 Å². The molecule has 0 spiro atoms. The molecule has 1 aliphatic heterocycles. The number of piperidine rings is 1. The molecule has 1 heterocycles. The molecule has 0 bridgehead atoms. The third-order valence-corrected chi connectivity index (χ3v) is 3.85. The van der Waals surface area contributed by atoms with E-state index in [9.17, 15) is 14.0 Å². The molecule has 4 heteroatoms. The van der Waals surface area contributed by atoms with Crippen LogP contribution in [0.4, 0.5) is 4.39 Å². The minimum absolute atomic E-state index is 0.000646. The normalized spacial score (nSPS) is 20.1. The lowest BCUT2D eigenvalue weighted by Gasteiger charge is -2.30. The van der Waals surface area contributed by atoms with Crippen LogP contribution in [0.25, 0.3) is 0 Å². The standard InChI is InChI=1S/C16H20FNO2/c1-2-12-10-18(8-7-16(12)20)11-14(19)9-13-5-3-4-6-15(13)17/h3-6,12H,2,7-11H2,1H3. The van der Waals surface area contributed by atoms with Crippen molar-refractivity contribution in [3.8, 4) is 0 Å². The molecular weight excluding hydrogens is 257 g/mol. The summed E-state index contributed by atoms with van der Waals surface area (Å²) in [5.74, 6) is 0.00993. The van der Waals surface area contributed by atoms with E-state index in [-0.39, 0.29) is 23.9 Å². The molecule has 0 aromatic heterocycles. The van der Waals surface area contributed by atoms with Gasteiger partial charge in [-0.15, -0.1) is 0 Å². The number of benzene rings is 1.